The van der Waals surface area contributed by atoms with Gasteiger partial charge >= 0.3 is 0 Å². The second-order valence-electron chi connectivity index (χ2n) is 5.56. The zero-order valence-electron chi connectivity index (χ0n) is 14.5. The third kappa shape index (κ3) is 4.68. The standard InChI is InChI=1S/C19H19N3O2S2/c1-13(26-19-22-21-17(24-19)12-25-2)18(23)20-16-11-7-6-10-15(16)14-8-4-3-5-9-14/h3-11,13H,12H2,1-2H3,(H,20,23). The normalized spacial score (nSPS) is 11.9. The summed E-state index contributed by atoms with van der Waals surface area (Å²) in [6.07, 6.45) is 1.97. The fourth-order valence-electron chi connectivity index (χ4n) is 2.37. The number of carbonyl (C=O) groups excluding carboxylic acids is 1. The van der Waals surface area contributed by atoms with Gasteiger partial charge in [0.15, 0.2) is 0 Å². The fourth-order valence-corrected chi connectivity index (χ4v) is 3.43. The van der Waals surface area contributed by atoms with Crippen LogP contribution in [0.3, 0.4) is 0 Å². The van der Waals surface area contributed by atoms with Gasteiger partial charge in [0.2, 0.25) is 11.8 Å². The van der Waals surface area contributed by atoms with Gasteiger partial charge in [0.05, 0.1) is 11.0 Å². The van der Waals surface area contributed by atoms with E-state index in [1.807, 2.05) is 67.8 Å². The molecule has 5 nitrogen and oxygen atoms in total. The van der Waals surface area contributed by atoms with Gasteiger partial charge < -0.3 is 9.73 Å². The number of rotatable bonds is 7. The molecule has 26 heavy (non-hydrogen) atoms. The Morgan fingerprint density at radius 1 is 1.12 bits per heavy atom. The zero-order valence-corrected chi connectivity index (χ0v) is 16.1. The van der Waals surface area contributed by atoms with E-state index in [1.54, 1.807) is 11.8 Å². The van der Waals surface area contributed by atoms with E-state index in [4.69, 9.17) is 4.42 Å². The molecule has 1 aromatic heterocycles. The number of aromatic nitrogens is 2. The molecule has 1 atom stereocenters. The second kappa shape index (κ2) is 8.91. The topological polar surface area (TPSA) is 68.0 Å². The van der Waals surface area contributed by atoms with Gasteiger partial charge in [-0.05, 0) is 24.8 Å². The lowest BCUT2D eigenvalue weighted by molar-refractivity contribution is -0.115. The predicted molar refractivity (Wildman–Crippen MR) is 107 cm³/mol. The van der Waals surface area contributed by atoms with Gasteiger partial charge in [0.25, 0.3) is 5.22 Å². The molecule has 1 N–H and O–H groups in total. The summed E-state index contributed by atoms with van der Waals surface area (Å²) in [5, 5.41) is 11.0. The summed E-state index contributed by atoms with van der Waals surface area (Å²) in [6, 6.07) is 17.7. The molecule has 0 spiro atoms. The Morgan fingerprint density at radius 3 is 2.62 bits per heavy atom. The quantitative estimate of drug-likeness (QED) is 0.594. The van der Waals surface area contributed by atoms with Gasteiger partial charge in [0.1, 0.15) is 0 Å². The number of nitrogens with one attached hydrogen (secondary N) is 1. The van der Waals surface area contributed by atoms with E-state index in [-0.39, 0.29) is 11.2 Å². The maximum absolute atomic E-state index is 12.6. The minimum atomic E-state index is -0.360. The third-order valence-corrected chi connectivity index (χ3v) is 5.10. The lowest BCUT2D eigenvalue weighted by Gasteiger charge is -2.14. The van der Waals surface area contributed by atoms with E-state index < -0.39 is 0 Å². The Bertz CT molecular complexity index is 868. The molecule has 0 bridgehead atoms. The van der Waals surface area contributed by atoms with E-state index in [1.165, 1.54) is 11.8 Å². The smallest absolute Gasteiger partial charge is 0.277 e. The molecule has 3 aromatic rings. The second-order valence-corrected chi connectivity index (χ2v) is 7.71. The van der Waals surface area contributed by atoms with Crippen molar-refractivity contribution in [1.29, 1.82) is 0 Å². The number of amides is 1. The van der Waals surface area contributed by atoms with Crippen LogP contribution in [0.5, 0.6) is 0 Å². The Kier molecular flexibility index (Phi) is 6.35. The highest BCUT2D eigenvalue weighted by Crippen LogP contribution is 2.29. The minimum Gasteiger partial charge on any atom is -0.415 e. The maximum atomic E-state index is 12.6. The summed E-state index contributed by atoms with van der Waals surface area (Å²) >= 11 is 2.87. The summed E-state index contributed by atoms with van der Waals surface area (Å²) in [7, 11) is 0. The molecule has 1 amide bonds. The summed E-state index contributed by atoms with van der Waals surface area (Å²) in [5.74, 6) is 1.13. The van der Waals surface area contributed by atoms with Crippen LogP contribution in [0.4, 0.5) is 5.69 Å². The first-order valence-corrected chi connectivity index (χ1v) is 10.4. The van der Waals surface area contributed by atoms with Gasteiger partial charge in [-0.15, -0.1) is 10.2 Å². The molecule has 1 heterocycles. The van der Waals surface area contributed by atoms with Crippen molar-refractivity contribution in [3.63, 3.8) is 0 Å². The van der Waals surface area contributed by atoms with Gasteiger partial charge in [-0.25, -0.2) is 0 Å². The van der Waals surface area contributed by atoms with Crippen LogP contribution in [0.25, 0.3) is 11.1 Å². The molecular formula is C19H19N3O2S2. The van der Waals surface area contributed by atoms with Crippen LogP contribution < -0.4 is 5.32 Å². The third-order valence-electron chi connectivity index (χ3n) is 3.63. The average molecular weight is 386 g/mol. The molecule has 7 heteroatoms. The first kappa shape index (κ1) is 18.5. The first-order valence-electron chi connectivity index (χ1n) is 8.10. The molecule has 0 aliphatic carbocycles. The molecule has 3 rings (SSSR count). The van der Waals surface area contributed by atoms with Gasteiger partial charge in [-0.1, -0.05) is 60.3 Å². The molecule has 0 fully saturated rings. The highest BCUT2D eigenvalue weighted by molar-refractivity contribution is 8.00. The van der Waals surface area contributed by atoms with Crippen LogP contribution in [0.2, 0.25) is 0 Å². The number of hydrogen-bond donors (Lipinski definition) is 1. The number of thioether (sulfide) groups is 2. The van der Waals surface area contributed by atoms with E-state index in [9.17, 15) is 4.79 Å². The predicted octanol–water partition coefficient (Wildman–Crippen LogP) is 4.72. The molecule has 0 aliphatic heterocycles. The van der Waals surface area contributed by atoms with Crippen LogP contribution in [0.15, 0.2) is 64.2 Å². The average Bonchev–Trinajstić information content (AvgIpc) is 3.10. The van der Waals surface area contributed by atoms with Crippen LogP contribution in [-0.2, 0) is 10.5 Å². The minimum absolute atomic E-state index is 0.108. The largest absolute Gasteiger partial charge is 0.415 e. The molecule has 0 saturated carbocycles. The number of carbonyl (C=O) groups is 1. The van der Waals surface area contributed by atoms with Crippen molar-refractivity contribution < 1.29 is 9.21 Å². The highest BCUT2D eigenvalue weighted by Gasteiger charge is 2.19. The highest BCUT2D eigenvalue weighted by atomic mass is 32.2. The molecule has 0 radical (unpaired) electrons. The molecule has 134 valence electrons. The van der Waals surface area contributed by atoms with Crippen LogP contribution in [0.1, 0.15) is 12.8 Å². The van der Waals surface area contributed by atoms with Crippen molar-refractivity contribution in [1.82, 2.24) is 10.2 Å². The van der Waals surface area contributed by atoms with E-state index >= 15 is 0 Å². The van der Waals surface area contributed by atoms with Crippen molar-refractivity contribution in [3.05, 3.63) is 60.5 Å². The van der Waals surface area contributed by atoms with Crippen LogP contribution in [-0.4, -0.2) is 27.6 Å². The molecular weight excluding hydrogens is 366 g/mol. The lowest BCUT2D eigenvalue weighted by atomic mass is 10.0. The number of para-hydroxylation sites is 1. The summed E-state index contributed by atoms with van der Waals surface area (Å²) in [6.45, 7) is 1.82. The Balaban J connectivity index is 1.69. The summed E-state index contributed by atoms with van der Waals surface area (Å²) in [5.41, 5.74) is 2.82. The Morgan fingerprint density at radius 2 is 1.85 bits per heavy atom. The van der Waals surface area contributed by atoms with E-state index in [0.29, 0.717) is 16.9 Å². The SMILES string of the molecule is CSCc1nnc(SC(C)C(=O)Nc2ccccc2-c2ccccc2)o1. The number of nitrogens with zero attached hydrogens (tertiary/aromatic N) is 2. The Labute approximate surface area is 161 Å². The van der Waals surface area contributed by atoms with Crippen molar-refractivity contribution in [2.45, 2.75) is 23.1 Å². The molecule has 1 unspecified atom stereocenters. The van der Waals surface area contributed by atoms with E-state index in [2.05, 4.69) is 15.5 Å². The first-order chi connectivity index (χ1) is 12.7. The summed E-state index contributed by atoms with van der Waals surface area (Å²) in [4.78, 5) is 12.6. The van der Waals surface area contributed by atoms with Crippen LogP contribution in [0, 0.1) is 0 Å². The molecule has 0 aliphatic rings. The number of benzene rings is 2. The van der Waals surface area contributed by atoms with Crippen molar-refractivity contribution in [2.24, 2.45) is 0 Å². The zero-order chi connectivity index (χ0) is 18.4. The van der Waals surface area contributed by atoms with Crippen molar-refractivity contribution in [3.8, 4) is 11.1 Å². The van der Waals surface area contributed by atoms with Crippen molar-refractivity contribution in [2.75, 3.05) is 11.6 Å². The number of hydrogen-bond acceptors (Lipinski definition) is 6. The monoisotopic (exact) mass is 385 g/mol. The molecule has 0 saturated heterocycles. The van der Waals surface area contributed by atoms with Crippen LogP contribution >= 0.6 is 23.5 Å². The van der Waals surface area contributed by atoms with Gasteiger partial charge in [0, 0.05) is 11.3 Å². The summed E-state index contributed by atoms with van der Waals surface area (Å²) < 4.78 is 5.53. The number of anilines is 1. The lowest BCUT2D eigenvalue weighted by Crippen LogP contribution is -2.22. The Hall–Kier alpha value is -2.25. The van der Waals surface area contributed by atoms with Crippen molar-refractivity contribution >= 4 is 35.1 Å². The fraction of sp³-hybridized carbons (Fsp3) is 0.211. The van der Waals surface area contributed by atoms with E-state index in [0.717, 1.165) is 16.8 Å². The molecule has 2 aromatic carbocycles. The maximum Gasteiger partial charge on any atom is 0.277 e. The van der Waals surface area contributed by atoms with Gasteiger partial charge in [-0.3, -0.25) is 4.79 Å². The van der Waals surface area contributed by atoms with Gasteiger partial charge in [-0.2, -0.15) is 11.8 Å².